The van der Waals surface area contributed by atoms with Gasteiger partial charge in [0.2, 0.25) is 0 Å². The van der Waals surface area contributed by atoms with Gasteiger partial charge >= 0.3 is 0 Å². The van der Waals surface area contributed by atoms with Crippen molar-refractivity contribution in [3.8, 4) is 0 Å². The van der Waals surface area contributed by atoms with Crippen LogP contribution in [0.2, 0.25) is 0 Å². The molecule has 17 heavy (non-hydrogen) atoms. The molecule has 0 fully saturated rings. The zero-order chi connectivity index (χ0) is 13.1. The van der Waals surface area contributed by atoms with E-state index >= 15 is 0 Å². The maximum atomic E-state index is 12.6. The van der Waals surface area contributed by atoms with Gasteiger partial charge in [0.25, 0.3) is 0 Å². The second-order valence-electron chi connectivity index (χ2n) is 3.85. The quantitative estimate of drug-likeness (QED) is 0.799. The first-order valence-corrected chi connectivity index (χ1v) is 8.69. The van der Waals surface area contributed by atoms with Crippen molar-refractivity contribution in [2.45, 2.75) is 5.75 Å². The average molecular weight is 280 g/mol. The van der Waals surface area contributed by atoms with E-state index in [4.69, 9.17) is 0 Å². The van der Waals surface area contributed by atoms with E-state index in [1.165, 1.54) is 24.3 Å². The molecule has 0 aliphatic rings. The summed E-state index contributed by atoms with van der Waals surface area (Å²) in [7, 11) is -6.78. The van der Waals surface area contributed by atoms with Crippen LogP contribution in [0.1, 0.15) is 5.56 Å². The molecular formula is C10H13FO4S2. The normalized spacial score (nSPS) is 12.6. The number of rotatable bonds is 5. The number of hydrogen-bond acceptors (Lipinski definition) is 4. The molecule has 0 amide bonds. The van der Waals surface area contributed by atoms with Crippen molar-refractivity contribution in [3.63, 3.8) is 0 Å². The summed E-state index contributed by atoms with van der Waals surface area (Å²) in [6, 6.07) is 5.07. The molecular weight excluding hydrogens is 267 g/mol. The zero-order valence-electron chi connectivity index (χ0n) is 9.26. The minimum Gasteiger partial charge on any atom is -0.229 e. The van der Waals surface area contributed by atoms with Crippen LogP contribution in [0, 0.1) is 5.82 Å². The predicted molar refractivity (Wildman–Crippen MR) is 63.6 cm³/mol. The predicted octanol–water partition coefficient (Wildman–Crippen LogP) is 0.785. The van der Waals surface area contributed by atoms with Gasteiger partial charge in [-0.25, -0.2) is 21.2 Å². The molecule has 96 valence electrons. The van der Waals surface area contributed by atoms with Crippen molar-refractivity contribution in [2.24, 2.45) is 0 Å². The van der Waals surface area contributed by atoms with Crippen molar-refractivity contribution in [1.82, 2.24) is 0 Å². The van der Waals surface area contributed by atoms with E-state index < -0.39 is 37.0 Å². The third-order valence-electron chi connectivity index (χ3n) is 2.06. The van der Waals surface area contributed by atoms with Crippen LogP contribution in [0.5, 0.6) is 0 Å². The van der Waals surface area contributed by atoms with E-state index in [-0.39, 0.29) is 5.75 Å². The molecule has 0 N–H and O–H groups in total. The van der Waals surface area contributed by atoms with Crippen molar-refractivity contribution in [3.05, 3.63) is 35.6 Å². The Bertz CT molecular complexity index is 573. The van der Waals surface area contributed by atoms with Crippen LogP contribution in [-0.2, 0) is 25.4 Å². The largest absolute Gasteiger partial charge is 0.229 e. The van der Waals surface area contributed by atoms with Gasteiger partial charge in [0.1, 0.15) is 15.7 Å². The molecule has 0 aliphatic heterocycles. The smallest absolute Gasteiger partial charge is 0.155 e. The lowest BCUT2D eigenvalue weighted by Crippen LogP contribution is -2.17. The molecule has 0 unspecified atom stereocenters. The highest BCUT2D eigenvalue weighted by Gasteiger charge is 2.15. The Morgan fingerprint density at radius 2 is 1.53 bits per heavy atom. The fraction of sp³-hybridized carbons (Fsp3) is 0.400. The van der Waals surface area contributed by atoms with E-state index in [0.29, 0.717) is 5.56 Å². The summed E-state index contributed by atoms with van der Waals surface area (Å²) >= 11 is 0. The minimum absolute atomic E-state index is 0.275. The van der Waals surface area contributed by atoms with Gasteiger partial charge in [-0.05, 0) is 17.7 Å². The van der Waals surface area contributed by atoms with Gasteiger partial charge in [0, 0.05) is 6.26 Å². The van der Waals surface area contributed by atoms with Crippen molar-refractivity contribution < 1.29 is 21.2 Å². The maximum Gasteiger partial charge on any atom is 0.155 e. The second kappa shape index (κ2) is 5.14. The highest BCUT2D eigenvalue weighted by atomic mass is 32.2. The Morgan fingerprint density at radius 1 is 1.00 bits per heavy atom. The van der Waals surface area contributed by atoms with Crippen molar-refractivity contribution >= 4 is 19.7 Å². The van der Waals surface area contributed by atoms with Crippen LogP contribution in [0.25, 0.3) is 0 Å². The lowest BCUT2D eigenvalue weighted by molar-refractivity contribution is 0.589. The van der Waals surface area contributed by atoms with Gasteiger partial charge in [0.05, 0.1) is 17.3 Å². The van der Waals surface area contributed by atoms with Gasteiger partial charge in [-0.3, -0.25) is 0 Å². The highest BCUT2D eigenvalue weighted by Crippen LogP contribution is 2.08. The molecule has 0 spiro atoms. The SMILES string of the molecule is CS(=O)(=O)CCS(=O)(=O)Cc1ccc(F)cc1. The fourth-order valence-corrected chi connectivity index (χ4v) is 4.26. The Kier molecular flexibility index (Phi) is 4.26. The van der Waals surface area contributed by atoms with Crippen LogP contribution in [0.4, 0.5) is 4.39 Å². The number of sulfone groups is 2. The zero-order valence-corrected chi connectivity index (χ0v) is 10.9. The molecule has 1 aromatic carbocycles. The van der Waals surface area contributed by atoms with Gasteiger partial charge in [-0.2, -0.15) is 0 Å². The molecule has 1 rings (SSSR count). The Labute approximate surface area is 100 Å². The van der Waals surface area contributed by atoms with E-state index in [9.17, 15) is 21.2 Å². The van der Waals surface area contributed by atoms with E-state index in [1.54, 1.807) is 0 Å². The fourth-order valence-electron chi connectivity index (χ4n) is 1.19. The Hall–Kier alpha value is -0.950. The molecule has 0 saturated carbocycles. The van der Waals surface area contributed by atoms with E-state index in [2.05, 4.69) is 0 Å². The second-order valence-corrected chi connectivity index (χ2v) is 8.29. The summed E-state index contributed by atoms with van der Waals surface area (Å²) in [6.07, 6.45) is 0.987. The van der Waals surface area contributed by atoms with Crippen LogP contribution in [0.15, 0.2) is 24.3 Å². The summed E-state index contributed by atoms with van der Waals surface area (Å²) in [5, 5.41) is 0. The van der Waals surface area contributed by atoms with Crippen molar-refractivity contribution in [1.29, 1.82) is 0 Å². The van der Waals surface area contributed by atoms with Crippen LogP contribution >= 0.6 is 0 Å². The molecule has 4 nitrogen and oxygen atoms in total. The summed E-state index contributed by atoms with van der Waals surface area (Å²) < 4.78 is 57.5. The van der Waals surface area contributed by atoms with Gasteiger partial charge in [-0.1, -0.05) is 12.1 Å². The van der Waals surface area contributed by atoms with Crippen LogP contribution < -0.4 is 0 Å². The lowest BCUT2D eigenvalue weighted by Gasteiger charge is -2.03. The summed E-state index contributed by atoms with van der Waals surface area (Å²) in [6.45, 7) is 0. The first kappa shape index (κ1) is 14.1. The first-order chi connectivity index (χ1) is 7.68. The number of halogens is 1. The standard InChI is InChI=1S/C10H13FO4S2/c1-16(12,13)6-7-17(14,15)8-9-2-4-10(11)5-3-9/h2-5H,6-8H2,1H3. The van der Waals surface area contributed by atoms with Crippen molar-refractivity contribution in [2.75, 3.05) is 17.8 Å². The number of hydrogen-bond donors (Lipinski definition) is 0. The number of benzene rings is 1. The third-order valence-corrected chi connectivity index (χ3v) is 4.87. The Balaban J connectivity index is 2.70. The lowest BCUT2D eigenvalue weighted by atomic mass is 10.2. The Morgan fingerprint density at radius 3 is 2.00 bits per heavy atom. The molecule has 0 radical (unpaired) electrons. The van der Waals surface area contributed by atoms with E-state index in [0.717, 1.165) is 6.26 Å². The summed E-state index contributed by atoms with van der Waals surface area (Å²) in [5.41, 5.74) is 0.444. The average Bonchev–Trinajstić information content (AvgIpc) is 2.18. The topological polar surface area (TPSA) is 68.3 Å². The van der Waals surface area contributed by atoms with E-state index in [1.807, 2.05) is 0 Å². The van der Waals surface area contributed by atoms with Gasteiger partial charge < -0.3 is 0 Å². The molecule has 0 aliphatic carbocycles. The van der Waals surface area contributed by atoms with Gasteiger partial charge in [-0.15, -0.1) is 0 Å². The molecule has 0 bridgehead atoms. The molecule has 1 aromatic rings. The maximum absolute atomic E-state index is 12.6. The highest BCUT2D eigenvalue weighted by molar-refractivity contribution is 7.94. The summed E-state index contributed by atoms with van der Waals surface area (Å²) in [5.74, 6) is -1.52. The molecule has 0 heterocycles. The van der Waals surface area contributed by atoms with Gasteiger partial charge in [0.15, 0.2) is 9.84 Å². The molecule has 7 heteroatoms. The summed E-state index contributed by atoms with van der Waals surface area (Å²) in [4.78, 5) is 0. The monoisotopic (exact) mass is 280 g/mol. The molecule has 0 atom stereocenters. The molecule has 0 saturated heterocycles. The third kappa shape index (κ3) is 5.78. The molecule has 0 aromatic heterocycles. The van der Waals surface area contributed by atoms with Crippen LogP contribution in [0.3, 0.4) is 0 Å². The van der Waals surface area contributed by atoms with Crippen LogP contribution in [-0.4, -0.2) is 34.6 Å². The minimum atomic E-state index is -3.48. The first-order valence-electron chi connectivity index (χ1n) is 4.80.